The van der Waals surface area contributed by atoms with Gasteiger partial charge in [-0.25, -0.2) is 0 Å². The number of benzene rings is 1. The average Bonchev–Trinajstić information content (AvgIpc) is 2.36. The maximum absolute atomic E-state index is 11.4. The quantitative estimate of drug-likeness (QED) is 0.808. The third kappa shape index (κ3) is 4.11. The van der Waals surface area contributed by atoms with Crippen molar-refractivity contribution < 1.29 is 14.3 Å². The van der Waals surface area contributed by atoms with Gasteiger partial charge in [0.1, 0.15) is 5.38 Å². The summed E-state index contributed by atoms with van der Waals surface area (Å²) in [6, 6.07) is 5.54. The molecule has 1 aromatic carbocycles. The molecule has 1 N–H and O–H groups in total. The second-order valence-electron chi connectivity index (χ2n) is 3.75. The van der Waals surface area contributed by atoms with Gasteiger partial charge in [0.15, 0.2) is 11.5 Å². The van der Waals surface area contributed by atoms with E-state index in [0.717, 1.165) is 5.56 Å². The molecule has 0 spiro atoms. The number of amides is 1. The summed E-state index contributed by atoms with van der Waals surface area (Å²) in [6.45, 7) is 4.52. The first-order chi connectivity index (χ1) is 8.58. The minimum Gasteiger partial charge on any atom is -0.493 e. The van der Waals surface area contributed by atoms with Gasteiger partial charge < -0.3 is 14.8 Å². The van der Waals surface area contributed by atoms with Gasteiger partial charge in [0.2, 0.25) is 5.91 Å². The Bertz CT molecular complexity index is 407. The predicted molar refractivity (Wildman–Crippen MR) is 71.3 cm³/mol. The van der Waals surface area contributed by atoms with Gasteiger partial charge in [-0.1, -0.05) is 6.07 Å². The summed E-state index contributed by atoms with van der Waals surface area (Å²) in [5.74, 6) is 1.16. The van der Waals surface area contributed by atoms with Crippen molar-refractivity contribution in [2.24, 2.45) is 0 Å². The zero-order valence-electron chi connectivity index (χ0n) is 10.8. The monoisotopic (exact) mass is 271 g/mol. The lowest BCUT2D eigenvalue weighted by Gasteiger charge is -2.12. The van der Waals surface area contributed by atoms with Crippen molar-refractivity contribution in [1.82, 2.24) is 5.32 Å². The summed E-state index contributed by atoms with van der Waals surface area (Å²) in [5, 5.41) is 2.21. The van der Waals surface area contributed by atoms with Gasteiger partial charge in [-0.2, -0.15) is 0 Å². The van der Waals surface area contributed by atoms with Crippen LogP contribution in [-0.2, 0) is 11.3 Å². The lowest BCUT2D eigenvalue weighted by Crippen LogP contribution is -2.29. The van der Waals surface area contributed by atoms with Crippen LogP contribution < -0.4 is 14.8 Å². The van der Waals surface area contributed by atoms with Crippen LogP contribution in [-0.4, -0.2) is 25.0 Å². The molecule has 1 rings (SSSR count). The van der Waals surface area contributed by atoms with Gasteiger partial charge in [-0.05, 0) is 31.5 Å². The van der Waals surface area contributed by atoms with E-state index in [1.54, 1.807) is 14.0 Å². The Morgan fingerprint density at radius 2 is 2.17 bits per heavy atom. The fourth-order valence-electron chi connectivity index (χ4n) is 1.43. The fraction of sp³-hybridized carbons (Fsp3) is 0.462. The van der Waals surface area contributed by atoms with Crippen LogP contribution in [0.1, 0.15) is 19.4 Å². The molecule has 100 valence electrons. The highest BCUT2D eigenvalue weighted by atomic mass is 35.5. The van der Waals surface area contributed by atoms with Crippen molar-refractivity contribution >= 4 is 17.5 Å². The molecule has 0 fully saturated rings. The molecule has 0 radical (unpaired) electrons. The molecule has 0 saturated carbocycles. The fourth-order valence-corrected chi connectivity index (χ4v) is 1.51. The molecule has 4 nitrogen and oxygen atoms in total. The first-order valence-corrected chi connectivity index (χ1v) is 6.23. The van der Waals surface area contributed by atoms with Crippen LogP contribution in [0.4, 0.5) is 0 Å². The van der Waals surface area contributed by atoms with Crippen molar-refractivity contribution in [3.05, 3.63) is 23.8 Å². The number of alkyl halides is 1. The average molecular weight is 272 g/mol. The van der Waals surface area contributed by atoms with Crippen molar-refractivity contribution in [3.63, 3.8) is 0 Å². The highest BCUT2D eigenvalue weighted by Crippen LogP contribution is 2.27. The standard InChI is InChI=1S/C13H18ClNO3/c1-4-18-12-7-10(5-6-11(12)17-3)8-15-13(16)9(2)14/h5-7,9H,4,8H2,1-3H3,(H,15,16). The van der Waals surface area contributed by atoms with Crippen molar-refractivity contribution in [2.45, 2.75) is 25.8 Å². The van der Waals surface area contributed by atoms with Gasteiger partial charge in [-0.3, -0.25) is 4.79 Å². The van der Waals surface area contributed by atoms with Crippen LogP contribution in [0, 0.1) is 0 Å². The van der Waals surface area contributed by atoms with E-state index in [-0.39, 0.29) is 5.91 Å². The Balaban J connectivity index is 2.72. The SMILES string of the molecule is CCOc1cc(CNC(=O)C(C)Cl)ccc1OC. The van der Waals surface area contributed by atoms with E-state index in [1.165, 1.54) is 0 Å². The van der Waals surface area contributed by atoms with Crippen LogP contribution in [0.3, 0.4) is 0 Å². The van der Waals surface area contributed by atoms with E-state index in [4.69, 9.17) is 21.1 Å². The Labute approximate surface area is 112 Å². The first kappa shape index (κ1) is 14.6. The predicted octanol–water partition coefficient (Wildman–Crippen LogP) is 2.34. The molecule has 0 bridgehead atoms. The number of methoxy groups -OCH3 is 1. The molecule has 0 aliphatic carbocycles. The van der Waals surface area contributed by atoms with Crippen LogP contribution in [0.5, 0.6) is 11.5 Å². The maximum atomic E-state index is 11.4. The molecule has 1 atom stereocenters. The van der Waals surface area contributed by atoms with Crippen molar-refractivity contribution in [3.8, 4) is 11.5 Å². The van der Waals surface area contributed by atoms with E-state index in [0.29, 0.717) is 24.7 Å². The molecular weight excluding hydrogens is 254 g/mol. The van der Waals surface area contributed by atoms with E-state index in [2.05, 4.69) is 5.32 Å². The minimum absolute atomic E-state index is 0.189. The van der Waals surface area contributed by atoms with Gasteiger partial charge in [-0.15, -0.1) is 11.6 Å². The molecule has 5 heteroatoms. The number of hydrogen-bond acceptors (Lipinski definition) is 3. The normalized spacial score (nSPS) is 11.8. The minimum atomic E-state index is -0.533. The third-order valence-electron chi connectivity index (χ3n) is 2.36. The van der Waals surface area contributed by atoms with E-state index < -0.39 is 5.38 Å². The van der Waals surface area contributed by atoms with Crippen LogP contribution in [0.25, 0.3) is 0 Å². The van der Waals surface area contributed by atoms with Gasteiger partial charge in [0.05, 0.1) is 13.7 Å². The second-order valence-corrected chi connectivity index (χ2v) is 4.41. The summed E-state index contributed by atoms with van der Waals surface area (Å²) in [4.78, 5) is 11.4. The smallest absolute Gasteiger partial charge is 0.238 e. The number of nitrogens with one attached hydrogen (secondary N) is 1. The summed E-state index contributed by atoms with van der Waals surface area (Å²) in [5.41, 5.74) is 0.935. The van der Waals surface area contributed by atoms with Gasteiger partial charge >= 0.3 is 0 Å². The largest absolute Gasteiger partial charge is 0.493 e. The Morgan fingerprint density at radius 3 is 2.72 bits per heavy atom. The lowest BCUT2D eigenvalue weighted by molar-refractivity contribution is -0.120. The molecule has 0 aliphatic rings. The number of carbonyl (C=O) groups excluding carboxylic acids is 1. The Hall–Kier alpha value is -1.42. The summed E-state index contributed by atoms with van der Waals surface area (Å²) in [6.07, 6.45) is 0. The first-order valence-electron chi connectivity index (χ1n) is 5.80. The number of rotatable bonds is 6. The second kappa shape index (κ2) is 7.11. The molecule has 0 saturated heterocycles. The van der Waals surface area contributed by atoms with Crippen LogP contribution >= 0.6 is 11.6 Å². The molecule has 0 aliphatic heterocycles. The van der Waals surface area contributed by atoms with Crippen LogP contribution in [0.15, 0.2) is 18.2 Å². The number of ether oxygens (including phenoxy) is 2. The lowest BCUT2D eigenvalue weighted by atomic mass is 10.2. The number of hydrogen-bond donors (Lipinski definition) is 1. The molecule has 0 aromatic heterocycles. The highest BCUT2D eigenvalue weighted by molar-refractivity contribution is 6.30. The molecule has 1 aromatic rings. The molecule has 0 heterocycles. The molecular formula is C13H18ClNO3. The summed E-state index contributed by atoms with van der Waals surface area (Å²) in [7, 11) is 1.59. The van der Waals surface area contributed by atoms with Crippen LogP contribution in [0.2, 0.25) is 0 Å². The van der Waals surface area contributed by atoms with Crippen molar-refractivity contribution in [2.75, 3.05) is 13.7 Å². The number of halogens is 1. The van der Waals surface area contributed by atoms with Crippen molar-refractivity contribution in [1.29, 1.82) is 0 Å². The highest BCUT2D eigenvalue weighted by Gasteiger charge is 2.09. The Morgan fingerprint density at radius 1 is 1.44 bits per heavy atom. The van der Waals surface area contributed by atoms with Gasteiger partial charge in [0.25, 0.3) is 0 Å². The number of carbonyl (C=O) groups is 1. The summed E-state index contributed by atoms with van der Waals surface area (Å²) < 4.78 is 10.6. The van der Waals surface area contributed by atoms with E-state index in [1.807, 2.05) is 25.1 Å². The van der Waals surface area contributed by atoms with Gasteiger partial charge in [0, 0.05) is 6.54 Å². The zero-order valence-corrected chi connectivity index (χ0v) is 11.6. The molecule has 1 unspecified atom stereocenters. The van der Waals surface area contributed by atoms with E-state index >= 15 is 0 Å². The Kier molecular flexibility index (Phi) is 5.78. The third-order valence-corrected chi connectivity index (χ3v) is 2.55. The topological polar surface area (TPSA) is 47.6 Å². The maximum Gasteiger partial charge on any atom is 0.238 e. The molecule has 1 amide bonds. The summed E-state index contributed by atoms with van der Waals surface area (Å²) >= 11 is 5.67. The van der Waals surface area contributed by atoms with E-state index in [9.17, 15) is 4.79 Å². The molecule has 18 heavy (non-hydrogen) atoms. The zero-order chi connectivity index (χ0) is 13.5.